The zero-order valence-corrected chi connectivity index (χ0v) is 8.99. The molecule has 1 saturated heterocycles. The first-order chi connectivity index (χ1) is 7.48. The second-order valence-electron chi connectivity index (χ2n) is 4.92. The van der Waals surface area contributed by atoms with E-state index < -0.39 is 11.9 Å². The van der Waals surface area contributed by atoms with Crippen molar-refractivity contribution in [2.75, 3.05) is 13.2 Å². The fourth-order valence-electron chi connectivity index (χ4n) is 3.04. The molecule has 3 nitrogen and oxygen atoms in total. The van der Waals surface area contributed by atoms with E-state index in [0.29, 0.717) is 19.6 Å². The Kier molecular flexibility index (Phi) is 3.15. The van der Waals surface area contributed by atoms with Crippen molar-refractivity contribution in [3.05, 3.63) is 0 Å². The van der Waals surface area contributed by atoms with E-state index in [4.69, 9.17) is 9.84 Å². The normalized spacial score (nSPS) is 37.0. The highest BCUT2D eigenvalue weighted by Gasteiger charge is 2.48. The van der Waals surface area contributed by atoms with Crippen LogP contribution in [0.25, 0.3) is 0 Å². The quantitative estimate of drug-likeness (QED) is 0.814. The first-order valence-corrected chi connectivity index (χ1v) is 5.65. The summed E-state index contributed by atoms with van der Waals surface area (Å²) in [6, 6.07) is 0. The minimum Gasteiger partial charge on any atom is -0.481 e. The van der Waals surface area contributed by atoms with Gasteiger partial charge in [0.2, 0.25) is 5.92 Å². The van der Waals surface area contributed by atoms with Crippen LogP contribution in [0.4, 0.5) is 8.78 Å². The molecule has 1 N–H and O–H groups in total. The summed E-state index contributed by atoms with van der Waals surface area (Å²) in [5, 5.41) is 8.63. The van der Waals surface area contributed by atoms with Crippen LogP contribution in [0.1, 0.15) is 25.7 Å². The van der Waals surface area contributed by atoms with Gasteiger partial charge in [-0.25, -0.2) is 8.78 Å². The number of fused-ring (bicyclic) bond motifs is 2. The van der Waals surface area contributed by atoms with Gasteiger partial charge in [-0.15, -0.1) is 0 Å². The molecule has 1 saturated carbocycles. The maximum absolute atomic E-state index is 13.3. The molecule has 1 aliphatic carbocycles. The fraction of sp³-hybridized carbons (Fsp3) is 0.909. The second-order valence-corrected chi connectivity index (χ2v) is 4.92. The lowest BCUT2D eigenvalue weighted by molar-refractivity contribution is -0.158. The van der Waals surface area contributed by atoms with Crippen LogP contribution in [-0.2, 0) is 9.53 Å². The van der Waals surface area contributed by atoms with Crippen LogP contribution in [0.3, 0.4) is 0 Å². The van der Waals surface area contributed by atoms with Crippen LogP contribution < -0.4 is 0 Å². The molecular weight excluding hydrogens is 218 g/mol. The van der Waals surface area contributed by atoms with E-state index in [1.54, 1.807) is 0 Å². The lowest BCUT2D eigenvalue weighted by atomic mass is 9.68. The molecule has 0 amide bonds. The Morgan fingerprint density at radius 2 is 1.88 bits per heavy atom. The van der Waals surface area contributed by atoms with Crippen molar-refractivity contribution in [3.8, 4) is 0 Å². The van der Waals surface area contributed by atoms with E-state index in [-0.39, 0.29) is 37.0 Å². The van der Waals surface area contributed by atoms with Crippen molar-refractivity contribution in [2.45, 2.75) is 31.6 Å². The smallest absolute Gasteiger partial charge is 0.303 e. The Morgan fingerprint density at radius 1 is 1.31 bits per heavy atom. The Hall–Kier alpha value is -0.710. The van der Waals surface area contributed by atoms with Crippen molar-refractivity contribution >= 4 is 5.97 Å². The van der Waals surface area contributed by atoms with Crippen LogP contribution in [-0.4, -0.2) is 30.2 Å². The number of carbonyl (C=O) groups is 1. The molecule has 2 unspecified atom stereocenters. The van der Waals surface area contributed by atoms with Gasteiger partial charge < -0.3 is 9.84 Å². The number of hydrogen-bond acceptors (Lipinski definition) is 2. The minimum absolute atomic E-state index is 0.0727. The monoisotopic (exact) mass is 234 g/mol. The number of aliphatic carboxylic acids is 1. The number of carboxylic acids is 1. The predicted octanol–water partition coefficient (Wildman–Crippen LogP) is 2.16. The lowest BCUT2D eigenvalue weighted by Gasteiger charge is -2.45. The summed E-state index contributed by atoms with van der Waals surface area (Å²) in [7, 11) is 0. The van der Waals surface area contributed by atoms with Gasteiger partial charge in [0.05, 0.1) is 0 Å². The highest BCUT2D eigenvalue weighted by molar-refractivity contribution is 5.66. The molecule has 0 aromatic carbocycles. The maximum atomic E-state index is 13.3. The van der Waals surface area contributed by atoms with Gasteiger partial charge in [0.25, 0.3) is 0 Å². The van der Waals surface area contributed by atoms with Crippen LogP contribution in [0.15, 0.2) is 0 Å². The molecule has 2 rings (SSSR count). The number of carboxylic acid groups (broad SMARTS) is 1. The van der Waals surface area contributed by atoms with Crippen LogP contribution in [0.2, 0.25) is 0 Å². The summed E-state index contributed by atoms with van der Waals surface area (Å²) in [4.78, 5) is 10.5. The van der Waals surface area contributed by atoms with Gasteiger partial charge in [-0.05, 0) is 24.2 Å². The molecule has 1 aliphatic heterocycles. The summed E-state index contributed by atoms with van der Waals surface area (Å²) >= 11 is 0. The molecular formula is C11H16F2O3. The average Bonchev–Trinajstić information content (AvgIpc) is 2.13. The molecule has 2 bridgehead atoms. The Morgan fingerprint density at radius 3 is 2.38 bits per heavy atom. The third-order valence-corrected chi connectivity index (χ3v) is 3.69. The molecule has 0 aromatic heterocycles. The van der Waals surface area contributed by atoms with E-state index in [1.165, 1.54) is 0 Å². The molecule has 2 aliphatic rings. The van der Waals surface area contributed by atoms with E-state index in [1.807, 2.05) is 0 Å². The second kappa shape index (κ2) is 4.28. The predicted molar refractivity (Wildman–Crippen MR) is 52.3 cm³/mol. The molecule has 2 atom stereocenters. The summed E-state index contributed by atoms with van der Waals surface area (Å²) < 4.78 is 31.9. The van der Waals surface area contributed by atoms with Gasteiger partial charge in [-0.3, -0.25) is 4.79 Å². The van der Waals surface area contributed by atoms with Gasteiger partial charge >= 0.3 is 5.97 Å². The maximum Gasteiger partial charge on any atom is 0.303 e. The lowest BCUT2D eigenvalue weighted by Crippen LogP contribution is -2.46. The van der Waals surface area contributed by atoms with Gasteiger partial charge in [0.15, 0.2) is 0 Å². The Bertz CT molecular complexity index is 264. The third-order valence-electron chi connectivity index (χ3n) is 3.69. The van der Waals surface area contributed by atoms with E-state index in [0.717, 1.165) is 0 Å². The zero-order valence-electron chi connectivity index (χ0n) is 8.99. The number of halogens is 2. The molecule has 0 spiro atoms. The van der Waals surface area contributed by atoms with Gasteiger partial charge in [0, 0.05) is 32.5 Å². The first kappa shape index (κ1) is 11.8. The molecule has 1 heterocycles. The molecule has 0 radical (unpaired) electrons. The van der Waals surface area contributed by atoms with E-state index >= 15 is 0 Å². The van der Waals surface area contributed by atoms with Gasteiger partial charge in [-0.2, -0.15) is 0 Å². The summed E-state index contributed by atoms with van der Waals surface area (Å²) in [5.41, 5.74) is 0. The first-order valence-electron chi connectivity index (χ1n) is 5.65. The van der Waals surface area contributed by atoms with Crippen molar-refractivity contribution in [1.29, 1.82) is 0 Å². The van der Waals surface area contributed by atoms with Crippen molar-refractivity contribution in [3.63, 3.8) is 0 Å². The Balaban J connectivity index is 2.00. The molecule has 92 valence electrons. The van der Waals surface area contributed by atoms with Crippen molar-refractivity contribution in [1.82, 2.24) is 0 Å². The van der Waals surface area contributed by atoms with Crippen molar-refractivity contribution < 1.29 is 23.4 Å². The Labute approximate surface area is 92.8 Å². The van der Waals surface area contributed by atoms with Crippen molar-refractivity contribution in [2.24, 2.45) is 17.8 Å². The summed E-state index contributed by atoms with van der Waals surface area (Å²) in [5.74, 6) is -3.66. The number of rotatable bonds is 3. The largest absolute Gasteiger partial charge is 0.481 e. The SMILES string of the molecule is O=C(O)CCC1C2COCC1CC(F)(F)C2. The van der Waals surface area contributed by atoms with Crippen LogP contribution in [0.5, 0.6) is 0 Å². The zero-order chi connectivity index (χ0) is 11.8. The number of alkyl halides is 2. The summed E-state index contributed by atoms with van der Waals surface area (Å²) in [6.45, 7) is 0.715. The molecule has 5 heteroatoms. The van der Waals surface area contributed by atoms with Gasteiger partial charge in [-0.1, -0.05) is 0 Å². The topological polar surface area (TPSA) is 46.5 Å². The molecule has 0 aromatic rings. The van der Waals surface area contributed by atoms with Crippen LogP contribution in [0, 0.1) is 17.8 Å². The number of ether oxygens (including phenoxy) is 1. The van der Waals surface area contributed by atoms with Gasteiger partial charge in [0.1, 0.15) is 0 Å². The third kappa shape index (κ3) is 2.51. The molecule has 2 fully saturated rings. The van der Waals surface area contributed by atoms with E-state index in [2.05, 4.69) is 0 Å². The standard InChI is InChI=1S/C11H16F2O3/c12-11(13)3-7-5-16-6-8(4-11)9(7)1-2-10(14)15/h7-9H,1-6H2,(H,14,15). The van der Waals surface area contributed by atoms with E-state index in [9.17, 15) is 13.6 Å². The van der Waals surface area contributed by atoms with Crippen LogP contribution >= 0.6 is 0 Å². The average molecular weight is 234 g/mol. The summed E-state index contributed by atoms with van der Waals surface area (Å²) in [6.07, 6.45) is 0.287. The minimum atomic E-state index is -2.58. The molecule has 16 heavy (non-hydrogen) atoms. The number of hydrogen-bond donors (Lipinski definition) is 1. The highest BCUT2D eigenvalue weighted by atomic mass is 19.3. The fourth-order valence-corrected chi connectivity index (χ4v) is 3.04. The highest BCUT2D eigenvalue weighted by Crippen LogP contribution is 2.47.